The summed E-state index contributed by atoms with van der Waals surface area (Å²) >= 11 is 1.30. The predicted molar refractivity (Wildman–Crippen MR) is 105 cm³/mol. The van der Waals surface area contributed by atoms with Gasteiger partial charge in [0.1, 0.15) is 0 Å². The third kappa shape index (κ3) is 4.12. The molecule has 1 aromatic carbocycles. The fourth-order valence-corrected chi connectivity index (χ4v) is 3.87. The van der Waals surface area contributed by atoms with E-state index >= 15 is 0 Å². The van der Waals surface area contributed by atoms with E-state index < -0.39 is 17.7 Å². The molecule has 6 heteroatoms. The Bertz CT molecular complexity index is 827. The van der Waals surface area contributed by atoms with Crippen molar-refractivity contribution in [3.05, 3.63) is 69.6 Å². The Morgan fingerprint density at radius 1 is 1.22 bits per heavy atom. The van der Waals surface area contributed by atoms with E-state index in [4.69, 9.17) is 4.74 Å². The van der Waals surface area contributed by atoms with Crippen LogP contribution < -0.4 is 0 Å². The van der Waals surface area contributed by atoms with E-state index in [0.717, 1.165) is 5.56 Å². The van der Waals surface area contributed by atoms with Crippen LogP contribution in [0.1, 0.15) is 41.5 Å². The summed E-state index contributed by atoms with van der Waals surface area (Å²) in [6, 6.07) is 12.2. The van der Waals surface area contributed by atoms with E-state index in [1.165, 1.54) is 11.3 Å². The van der Waals surface area contributed by atoms with Crippen LogP contribution >= 0.6 is 11.3 Å². The van der Waals surface area contributed by atoms with Crippen LogP contribution in [0.15, 0.2) is 59.2 Å². The minimum Gasteiger partial charge on any atom is -0.503 e. The second-order valence-electron chi connectivity index (χ2n) is 6.65. The van der Waals surface area contributed by atoms with Gasteiger partial charge < -0.3 is 14.7 Å². The van der Waals surface area contributed by atoms with Crippen molar-refractivity contribution in [2.24, 2.45) is 0 Å². The number of thiophene rings is 1. The highest BCUT2D eigenvalue weighted by Gasteiger charge is 2.43. The summed E-state index contributed by atoms with van der Waals surface area (Å²) in [5, 5.41) is 12.3. The van der Waals surface area contributed by atoms with Gasteiger partial charge in [-0.05, 0) is 37.3 Å². The van der Waals surface area contributed by atoms with Gasteiger partial charge in [-0.2, -0.15) is 0 Å². The Labute approximate surface area is 162 Å². The van der Waals surface area contributed by atoms with Gasteiger partial charge in [-0.25, -0.2) is 0 Å². The number of rotatable bonds is 8. The number of benzene rings is 1. The van der Waals surface area contributed by atoms with Gasteiger partial charge in [-0.15, -0.1) is 11.3 Å². The molecule has 1 aromatic heterocycles. The van der Waals surface area contributed by atoms with E-state index in [9.17, 15) is 14.7 Å². The quantitative estimate of drug-likeness (QED) is 0.548. The molecule has 0 radical (unpaired) electrons. The number of ether oxygens (including phenoxy) is 1. The lowest BCUT2D eigenvalue weighted by atomic mass is 9.95. The predicted octanol–water partition coefficient (Wildman–Crippen LogP) is 4.14. The molecule has 142 valence electrons. The molecule has 0 bridgehead atoms. The molecule has 0 aliphatic carbocycles. The van der Waals surface area contributed by atoms with Crippen molar-refractivity contribution in [1.29, 1.82) is 0 Å². The molecular formula is C21H23NO4S. The minimum atomic E-state index is -0.590. The van der Waals surface area contributed by atoms with Crippen LogP contribution in [0.2, 0.25) is 0 Å². The fourth-order valence-electron chi connectivity index (χ4n) is 3.19. The highest BCUT2D eigenvalue weighted by atomic mass is 32.1. The standard InChI is InChI=1S/C21H23NO4S/c1-14(2)26-12-7-11-22-18(15-8-4-3-5-9-15)17(20(24)21(22)25)19(23)16-10-6-13-27-16/h3-6,8-10,13-14,18,24H,7,11-12H2,1-2H3/t18-/m0/s1. The second-order valence-corrected chi connectivity index (χ2v) is 7.60. The van der Waals surface area contributed by atoms with Crippen molar-refractivity contribution in [3.8, 4) is 0 Å². The lowest BCUT2D eigenvalue weighted by Crippen LogP contribution is -2.32. The normalized spacial score (nSPS) is 17.2. The van der Waals surface area contributed by atoms with Crippen molar-refractivity contribution in [3.63, 3.8) is 0 Å². The molecule has 1 atom stereocenters. The first-order valence-electron chi connectivity index (χ1n) is 8.99. The number of aliphatic hydroxyl groups is 1. The first-order chi connectivity index (χ1) is 13.0. The van der Waals surface area contributed by atoms with Gasteiger partial charge >= 0.3 is 0 Å². The third-order valence-corrected chi connectivity index (χ3v) is 5.27. The average molecular weight is 385 g/mol. The minimum absolute atomic E-state index is 0.117. The number of nitrogens with zero attached hydrogens (tertiary/aromatic N) is 1. The SMILES string of the molecule is CC(C)OCCCN1C(=O)C(O)=C(C(=O)c2cccs2)[C@@H]1c1ccccc1. The zero-order valence-corrected chi connectivity index (χ0v) is 16.2. The van der Waals surface area contributed by atoms with E-state index in [2.05, 4.69) is 0 Å². The lowest BCUT2D eigenvalue weighted by molar-refractivity contribution is -0.129. The maximum Gasteiger partial charge on any atom is 0.290 e. The second kappa shape index (κ2) is 8.50. The van der Waals surface area contributed by atoms with E-state index in [1.807, 2.05) is 44.2 Å². The molecule has 3 rings (SSSR count). The molecule has 1 N–H and O–H groups in total. The largest absolute Gasteiger partial charge is 0.503 e. The van der Waals surface area contributed by atoms with E-state index in [-0.39, 0.29) is 17.5 Å². The smallest absolute Gasteiger partial charge is 0.290 e. The first-order valence-corrected chi connectivity index (χ1v) is 9.87. The van der Waals surface area contributed by atoms with Crippen LogP contribution in [0, 0.1) is 0 Å². The maximum absolute atomic E-state index is 13.0. The maximum atomic E-state index is 13.0. The molecule has 0 saturated carbocycles. The van der Waals surface area contributed by atoms with E-state index in [0.29, 0.717) is 24.4 Å². The van der Waals surface area contributed by atoms with Crippen molar-refractivity contribution in [2.75, 3.05) is 13.2 Å². The zero-order valence-electron chi connectivity index (χ0n) is 15.4. The Morgan fingerprint density at radius 3 is 2.59 bits per heavy atom. The van der Waals surface area contributed by atoms with Gasteiger partial charge in [0.2, 0.25) is 5.78 Å². The van der Waals surface area contributed by atoms with Crippen LogP contribution in [0.5, 0.6) is 0 Å². The highest BCUT2D eigenvalue weighted by molar-refractivity contribution is 7.12. The van der Waals surface area contributed by atoms with Crippen LogP contribution in [-0.4, -0.2) is 41.0 Å². The molecule has 27 heavy (non-hydrogen) atoms. The van der Waals surface area contributed by atoms with Crippen LogP contribution in [0.4, 0.5) is 0 Å². The van der Waals surface area contributed by atoms with Gasteiger partial charge in [0.25, 0.3) is 5.91 Å². The van der Waals surface area contributed by atoms with Gasteiger partial charge in [-0.3, -0.25) is 9.59 Å². The number of carbonyl (C=O) groups is 2. The highest BCUT2D eigenvalue weighted by Crippen LogP contribution is 2.39. The number of carbonyl (C=O) groups excluding carboxylic acids is 2. The van der Waals surface area contributed by atoms with Crippen LogP contribution in [-0.2, 0) is 9.53 Å². The van der Waals surface area contributed by atoms with Crippen LogP contribution in [0.25, 0.3) is 0 Å². The number of hydrogen-bond donors (Lipinski definition) is 1. The van der Waals surface area contributed by atoms with Gasteiger partial charge in [-0.1, -0.05) is 36.4 Å². The molecule has 0 fully saturated rings. The average Bonchev–Trinajstić information content (AvgIpc) is 3.28. The molecule has 2 aromatic rings. The zero-order chi connectivity index (χ0) is 19.4. The lowest BCUT2D eigenvalue weighted by Gasteiger charge is -2.27. The fraction of sp³-hybridized carbons (Fsp3) is 0.333. The number of amides is 1. The molecule has 2 heterocycles. The molecular weight excluding hydrogens is 362 g/mol. The van der Waals surface area contributed by atoms with Gasteiger partial charge in [0.05, 0.1) is 22.6 Å². The van der Waals surface area contributed by atoms with Crippen LogP contribution in [0.3, 0.4) is 0 Å². The number of aliphatic hydroxyl groups excluding tert-OH is 1. The van der Waals surface area contributed by atoms with E-state index in [1.54, 1.807) is 22.4 Å². The summed E-state index contributed by atoms with van der Waals surface area (Å²) in [4.78, 5) is 27.8. The molecule has 1 aliphatic heterocycles. The summed E-state index contributed by atoms with van der Waals surface area (Å²) < 4.78 is 5.56. The first kappa shape index (κ1) is 19.3. The molecule has 5 nitrogen and oxygen atoms in total. The Hall–Kier alpha value is -2.44. The van der Waals surface area contributed by atoms with Crippen molar-refractivity contribution < 1.29 is 19.4 Å². The van der Waals surface area contributed by atoms with Gasteiger partial charge in [0, 0.05) is 13.2 Å². The summed E-state index contributed by atoms with van der Waals surface area (Å²) in [6.45, 7) is 4.83. The molecule has 1 aliphatic rings. The van der Waals surface area contributed by atoms with Crippen molar-refractivity contribution in [2.45, 2.75) is 32.4 Å². The summed E-state index contributed by atoms with van der Waals surface area (Å²) in [5.41, 5.74) is 0.956. The molecule has 0 saturated heterocycles. The van der Waals surface area contributed by atoms with Gasteiger partial charge in [0.15, 0.2) is 5.76 Å². The Kier molecular flexibility index (Phi) is 6.08. The summed E-state index contributed by atoms with van der Waals surface area (Å²) in [5.74, 6) is -1.26. The Morgan fingerprint density at radius 2 is 1.96 bits per heavy atom. The van der Waals surface area contributed by atoms with Crippen molar-refractivity contribution in [1.82, 2.24) is 4.90 Å². The monoisotopic (exact) mass is 385 g/mol. The van der Waals surface area contributed by atoms with Crippen molar-refractivity contribution >= 4 is 23.0 Å². The number of ketones is 1. The summed E-state index contributed by atoms with van der Waals surface area (Å²) in [6.07, 6.45) is 0.743. The molecule has 0 spiro atoms. The molecule has 0 unspecified atom stereocenters. The number of hydrogen-bond acceptors (Lipinski definition) is 5. The summed E-state index contributed by atoms with van der Waals surface area (Å²) in [7, 11) is 0. The Balaban J connectivity index is 1.91. The third-order valence-electron chi connectivity index (χ3n) is 4.40. The molecule has 1 amide bonds. The topological polar surface area (TPSA) is 66.8 Å². The number of Topliss-reactive ketones (excluding diaryl/α,β-unsaturated/α-hetero) is 1.